The molecule has 100 valence electrons. The highest BCUT2D eigenvalue weighted by molar-refractivity contribution is 9.09. The summed E-state index contributed by atoms with van der Waals surface area (Å²) in [6, 6.07) is 0. The number of methoxy groups -OCH3 is 2. The van der Waals surface area contributed by atoms with Crippen LogP contribution in [-0.2, 0) is 18.9 Å². The summed E-state index contributed by atoms with van der Waals surface area (Å²) in [4.78, 5) is 0. The minimum atomic E-state index is 0.0870. The van der Waals surface area contributed by atoms with Gasteiger partial charge in [0.05, 0.1) is 46.2 Å². The van der Waals surface area contributed by atoms with Crippen molar-refractivity contribution in [3.05, 3.63) is 0 Å². The van der Waals surface area contributed by atoms with E-state index in [2.05, 4.69) is 20.7 Å². The van der Waals surface area contributed by atoms with Crippen molar-refractivity contribution in [3.63, 3.8) is 0 Å². The molecule has 5 nitrogen and oxygen atoms in total. The van der Waals surface area contributed by atoms with Gasteiger partial charge in [0.2, 0.25) is 0 Å². The van der Waals surface area contributed by atoms with Crippen LogP contribution < -0.4 is 0 Å². The van der Waals surface area contributed by atoms with Crippen molar-refractivity contribution in [2.75, 3.05) is 65.8 Å². The zero-order chi connectivity index (χ0) is 12.5. The molecule has 0 aliphatic heterocycles. The molecule has 16 heavy (non-hydrogen) atoms. The van der Waals surface area contributed by atoms with Crippen LogP contribution in [0.4, 0.5) is 0 Å². The van der Waals surface area contributed by atoms with E-state index in [1.807, 2.05) is 0 Å². The van der Waals surface area contributed by atoms with Crippen LogP contribution in [0.1, 0.15) is 0 Å². The van der Waals surface area contributed by atoms with E-state index in [0.29, 0.717) is 33.0 Å². The van der Waals surface area contributed by atoms with Crippen molar-refractivity contribution in [2.45, 2.75) is 0 Å². The number of hydrogen-bond donors (Lipinski definition) is 1. The minimum absolute atomic E-state index is 0.0870. The molecule has 0 heterocycles. The summed E-state index contributed by atoms with van der Waals surface area (Å²) in [5.74, 6) is 0. The summed E-state index contributed by atoms with van der Waals surface area (Å²) < 4.78 is 19.3. The fraction of sp³-hybridized carbons (Fsp3) is 1.00. The third-order valence-electron chi connectivity index (χ3n) is 1.32. The highest BCUT2D eigenvalue weighted by atomic mass is 79.9. The molecule has 0 amide bonds. The van der Waals surface area contributed by atoms with Crippen LogP contribution in [0.25, 0.3) is 0 Å². The summed E-state index contributed by atoms with van der Waals surface area (Å²) in [7, 11) is 3.28. The van der Waals surface area contributed by atoms with Gasteiger partial charge < -0.3 is 24.1 Å². The van der Waals surface area contributed by atoms with E-state index in [1.165, 1.54) is 0 Å². The first-order chi connectivity index (χ1) is 7.83. The van der Waals surface area contributed by atoms with Crippen molar-refractivity contribution in [3.8, 4) is 0 Å². The third kappa shape index (κ3) is 23.8. The Labute approximate surface area is 106 Å². The van der Waals surface area contributed by atoms with Gasteiger partial charge in [-0.2, -0.15) is 0 Å². The molecule has 0 aliphatic carbocycles. The van der Waals surface area contributed by atoms with E-state index in [9.17, 15) is 0 Å². The van der Waals surface area contributed by atoms with Crippen LogP contribution in [0.5, 0.6) is 0 Å². The lowest BCUT2D eigenvalue weighted by atomic mass is 10.7. The van der Waals surface area contributed by atoms with Gasteiger partial charge >= 0.3 is 0 Å². The maximum Gasteiger partial charge on any atom is 0.0701 e. The maximum absolute atomic E-state index is 8.20. The molecule has 0 aromatic heterocycles. The topological polar surface area (TPSA) is 57.2 Å². The van der Waals surface area contributed by atoms with Gasteiger partial charge in [0.1, 0.15) is 0 Å². The normalized spacial score (nSPS) is 9.75. The van der Waals surface area contributed by atoms with Gasteiger partial charge in [0, 0.05) is 19.5 Å². The predicted octanol–water partition coefficient (Wildman–Crippen LogP) is 0.686. The SMILES string of the molecule is COCCOCCBr.COCCOCCO. The Hall–Kier alpha value is 0.280. The van der Waals surface area contributed by atoms with Crippen LogP contribution >= 0.6 is 15.9 Å². The Kier molecular flexibility index (Phi) is 24.1. The highest BCUT2D eigenvalue weighted by Crippen LogP contribution is 1.80. The predicted molar refractivity (Wildman–Crippen MR) is 66.3 cm³/mol. The van der Waals surface area contributed by atoms with Gasteiger partial charge in [-0.05, 0) is 0 Å². The average Bonchev–Trinajstić information content (AvgIpc) is 2.31. The van der Waals surface area contributed by atoms with Gasteiger partial charge in [-0.25, -0.2) is 0 Å². The fourth-order valence-corrected chi connectivity index (χ4v) is 0.837. The van der Waals surface area contributed by atoms with Gasteiger partial charge in [-0.3, -0.25) is 0 Å². The lowest BCUT2D eigenvalue weighted by Gasteiger charge is -1.98. The summed E-state index contributed by atoms with van der Waals surface area (Å²) in [5.41, 5.74) is 0. The van der Waals surface area contributed by atoms with Crippen molar-refractivity contribution >= 4 is 15.9 Å². The molecule has 0 bridgehead atoms. The molecule has 0 spiro atoms. The smallest absolute Gasteiger partial charge is 0.0701 e. The molecular formula is C10H23BrO5. The van der Waals surface area contributed by atoms with Crippen LogP contribution in [0, 0.1) is 0 Å². The Balaban J connectivity index is 0. The monoisotopic (exact) mass is 302 g/mol. The number of halogens is 1. The molecule has 0 radical (unpaired) electrons. The van der Waals surface area contributed by atoms with Crippen molar-refractivity contribution < 1.29 is 24.1 Å². The minimum Gasteiger partial charge on any atom is -0.394 e. The number of aliphatic hydroxyl groups is 1. The number of hydrogen-bond acceptors (Lipinski definition) is 5. The first-order valence-electron chi connectivity index (χ1n) is 5.13. The van der Waals surface area contributed by atoms with Gasteiger partial charge in [0.25, 0.3) is 0 Å². The molecule has 0 aliphatic rings. The summed E-state index contributed by atoms with van der Waals surface area (Å²) in [6.07, 6.45) is 0. The van der Waals surface area contributed by atoms with E-state index >= 15 is 0 Å². The standard InChI is InChI=1S/C5H11BrO2.C5H12O3/c2*1-7-4-5-8-3-2-6/h2-5H2,1H3;6H,2-5H2,1H3. The lowest BCUT2D eigenvalue weighted by Crippen LogP contribution is -2.05. The Morgan fingerprint density at radius 2 is 1.31 bits per heavy atom. The Morgan fingerprint density at radius 1 is 0.812 bits per heavy atom. The quantitative estimate of drug-likeness (QED) is 0.475. The van der Waals surface area contributed by atoms with Crippen LogP contribution in [-0.4, -0.2) is 70.9 Å². The molecule has 0 aromatic rings. The van der Waals surface area contributed by atoms with Gasteiger partial charge in [-0.1, -0.05) is 15.9 Å². The molecule has 1 N–H and O–H groups in total. The first-order valence-corrected chi connectivity index (χ1v) is 6.25. The summed E-state index contributed by atoms with van der Waals surface area (Å²) in [5, 5.41) is 9.10. The number of rotatable bonds is 10. The Morgan fingerprint density at radius 3 is 1.69 bits per heavy atom. The van der Waals surface area contributed by atoms with Crippen molar-refractivity contribution in [2.24, 2.45) is 0 Å². The zero-order valence-corrected chi connectivity index (χ0v) is 11.7. The molecule has 0 atom stereocenters. The number of aliphatic hydroxyl groups excluding tert-OH is 1. The number of ether oxygens (including phenoxy) is 4. The summed E-state index contributed by atoms with van der Waals surface area (Å²) >= 11 is 3.24. The van der Waals surface area contributed by atoms with Crippen LogP contribution in [0.2, 0.25) is 0 Å². The maximum atomic E-state index is 8.20. The first kappa shape index (κ1) is 18.6. The zero-order valence-electron chi connectivity index (χ0n) is 10.1. The van der Waals surface area contributed by atoms with Gasteiger partial charge in [0.15, 0.2) is 0 Å². The van der Waals surface area contributed by atoms with Crippen LogP contribution in [0.3, 0.4) is 0 Å². The summed E-state index contributed by atoms with van der Waals surface area (Å²) in [6.45, 7) is 3.81. The second kappa shape index (κ2) is 20.7. The molecule has 0 saturated carbocycles. The van der Waals surface area contributed by atoms with Crippen molar-refractivity contribution in [1.82, 2.24) is 0 Å². The van der Waals surface area contributed by atoms with Crippen LogP contribution in [0.15, 0.2) is 0 Å². The second-order valence-corrected chi connectivity index (χ2v) is 3.42. The third-order valence-corrected chi connectivity index (χ3v) is 1.64. The fourth-order valence-electron chi connectivity index (χ4n) is 0.608. The average molecular weight is 303 g/mol. The van der Waals surface area contributed by atoms with E-state index in [1.54, 1.807) is 14.2 Å². The molecule has 0 aromatic carbocycles. The molecule has 0 unspecified atom stereocenters. The van der Waals surface area contributed by atoms with E-state index in [0.717, 1.165) is 11.9 Å². The lowest BCUT2D eigenvalue weighted by molar-refractivity contribution is 0.0500. The van der Waals surface area contributed by atoms with Crippen molar-refractivity contribution in [1.29, 1.82) is 0 Å². The Bertz CT molecular complexity index is 81.2. The number of alkyl halides is 1. The molecule has 6 heteroatoms. The van der Waals surface area contributed by atoms with Gasteiger partial charge in [-0.15, -0.1) is 0 Å². The second-order valence-electron chi connectivity index (χ2n) is 2.62. The van der Waals surface area contributed by atoms with E-state index in [4.69, 9.17) is 19.3 Å². The highest BCUT2D eigenvalue weighted by Gasteiger charge is 1.83. The molecular weight excluding hydrogens is 280 g/mol. The largest absolute Gasteiger partial charge is 0.394 e. The van der Waals surface area contributed by atoms with E-state index in [-0.39, 0.29) is 6.61 Å². The molecule has 0 rings (SSSR count). The van der Waals surface area contributed by atoms with E-state index < -0.39 is 0 Å². The molecule has 0 saturated heterocycles. The molecule has 0 fully saturated rings.